The second-order valence-electron chi connectivity index (χ2n) is 6.19. The van der Waals surface area contributed by atoms with E-state index in [1.54, 1.807) is 0 Å². The Labute approximate surface area is 129 Å². The third-order valence-electron chi connectivity index (χ3n) is 4.30. The van der Waals surface area contributed by atoms with Crippen LogP contribution in [0.15, 0.2) is 16.5 Å². The minimum atomic E-state index is 0.643. The van der Waals surface area contributed by atoms with Gasteiger partial charge in [0.1, 0.15) is 11.5 Å². The summed E-state index contributed by atoms with van der Waals surface area (Å²) in [6.07, 6.45) is 3.61. The molecular weight excluding hydrogens is 262 g/mol. The number of hydrogen-bond acceptors (Lipinski definition) is 4. The van der Waals surface area contributed by atoms with Gasteiger partial charge in [-0.2, -0.15) is 0 Å². The van der Waals surface area contributed by atoms with E-state index in [0.29, 0.717) is 6.04 Å². The number of rotatable bonds is 7. The Morgan fingerprint density at radius 2 is 2.05 bits per heavy atom. The fourth-order valence-corrected chi connectivity index (χ4v) is 3.08. The fraction of sp³-hybridized carbons (Fsp3) is 0.765. The zero-order valence-corrected chi connectivity index (χ0v) is 13.9. The summed E-state index contributed by atoms with van der Waals surface area (Å²) in [5.74, 6) is 2.16. The Bertz CT molecular complexity index is 404. The Balaban J connectivity index is 1.90. The number of furan rings is 1. The molecule has 0 aliphatic carbocycles. The molecule has 0 aromatic carbocycles. The second kappa shape index (κ2) is 8.57. The molecule has 1 N–H and O–H groups in total. The van der Waals surface area contributed by atoms with Crippen molar-refractivity contribution in [2.75, 3.05) is 33.2 Å². The van der Waals surface area contributed by atoms with Gasteiger partial charge in [0.05, 0.1) is 13.1 Å². The maximum absolute atomic E-state index is 5.98. The highest BCUT2D eigenvalue weighted by atomic mass is 16.3. The lowest BCUT2D eigenvalue weighted by Crippen LogP contribution is -2.39. The highest BCUT2D eigenvalue weighted by Gasteiger charge is 2.22. The van der Waals surface area contributed by atoms with Crippen molar-refractivity contribution in [3.05, 3.63) is 23.7 Å². The summed E-state index contributed by atoms with van der Waals surface area (Å²) in [7, 11) is 2.23. The highest BCUT2D eigenvalue weighted by Crippen LogP contribution is 2.17. The topological polar surface area (TPSA) is 31.6 Å². The van der Waals surface area contributed by atoms with Crippen LogP contribution in [0.2, 0.25) is 0 Å². The van der Waals surface area contributed by atoms with E-state index in [1.165, 1.54) is 32.5 Å². The summed E-state index contributed by atoms with van der Waals surface area (Å²) in [5.41, 5.74) is 0. The normalized spacial score (nSPS) is 21.6. The predicted molar refractivity (Wildman–Crippen MR) is 87.3 cm³/mol. The van der Waals surface area contributed by atoms with E-state index in [9.17, 15) is 0 Å². The van der Waals surface area contributed by atoms with Crippen LogP contribution in [0.1, 0.15) is 44.6 Å². The molecular formula is C17H31N3O. The van der Waals surface area contributed by atoms with Gasteiger partial charge in [0.25, 0.3) is 0 Å². The SMILES string of the molecule is CCCNCc1ccc(CN2CCCN(C)CC2CC)o1. The molecule has 120 valence electrons. The Hall–Kier alpha value is -0.840. The lowest BCUT2D eigenvalue weighted by Gasteiger charge is -2.29. The molecule has 1 aromatic rings. The Morgan fingerprint density at radius 3 is 2.81 bits per heavy atom. The molecule has 0 spiro atoms. The summed E-state index contributed by atoms with van der Waals surface area (Å²) >= 11 is 0. The summed E-state index contributed by atoms with van der Waals surface area (Å²) in [6.45, 7) is 10.9. The first-order valence-corrected chi connectivity index (χ1v) is 8.43. The number of nitrogens with zero attached hydrogens (tertiary/aromatic N) is 2. The van der Waals surface area contributed by atoms with Gasteiger partial charge in [-0.25, -0.2) is 0 Å². The maximum atomic E-state index is 5.98. The monoisotopic (exact) mass is 293 g/mol. The number of nitrogens with one attached hydrogen (secondary N) is 1. The molecule has 1 fully saturated rings. The molecule has 4 heteroatoms. The molecule has 2 heterocycles. The van der Waals surface area contributed by atoms with Crippen LogP contribution in [0.5, 0.6) is 0 Å². The van der Waals surface area contributed by atoms with Crippen molar-refractivity contribution in [3.8, 4) is 0 Å². The van der Waals surface area contributed by atoms with Gasteiger partial charge >= 0.3 is 0 Å². The third-order valence-corrected chi connectivity index (χ3v) is 4.30. The summed E-state index contributed by atoms with van der Waals surface area (Å²) < 4.78 is 5.98. The molecule has 1 saturated heterocycles. The molecule has 1 aliphatic heterocycles. The quantitative estimate of drug-likeness (QED) is 0.783. The standard InChI is InChI=1S/C17H31N3O/c1-4-9-18-12-16-7-8-17(21-16)14-20-11-6-10-19(3)13-15(20)5-2/h7-8,15,18H,4-6,9-14H2,1-3H3. The van der Waals surface area contributed by atoms with E-state index < -0.39 is 0 Å². The van der Waals surface area contributed by atoms with Crippen LogP contribution in [-0.4, -0.2) is 49.1 Å². The van der Waals surface area contributed by atoms with Gasteiger partial charge in [-0.05, 0) is 51.5 Å². The van der Waals surface area contributed by atoms with Crippen LogP contribution in [0.3, 0.4) is 0 Å². The van der Waals surface area contributed by atoms with Crippen molar-refractivity contribution in [3.63, 3.8) is 0 Å². The van der Waals surface area contributed by atoms with Crippen LogP contribution in [0, 0.1) is 0 Å². The minimum absolute atomic E-state index is 0.643. The zero-order chi connectivity index (χ0) is 15.1. The van der Waals surface area contributed by atoms with Gasteiger partial charge in [-0.15, -0.1) is 0 Å². The molecule has 0 amide bonds. The molecule has 0 bridgehead atoms. The van der Waals surface area contributed by atoms with Crippen LogP contribution >= 0.6 is 0 Å². The Kier molecular flexibility index (Phi) is 6.74. The Morgan fingerprint density at radius 1 is 1.24 bits per heavy atom. The van der Waals surface area contributed by atoms with Crippen molar-refractivity contribution in [1.29, 1.82) is 0 Å². The van der Waals surface area contributed by atoms with Gasteiger partial charge < -0.3 is 14.6 Å². The minimum Gasteiger partial charge on any atom is -0.463 e. The first kappa shape index (κ1) is 16.5. The van der Waals surface area contributed by atoms with E-state index >= 15 is 0 Å². The van der Waals surface area contributed by atoms with Gasteiger partial charge in [0.2, 0.25) is 0 Å². The molecule has 2 rings (SSSR count). The van der Waals surface area contributed by atoms with Crippen molar-refractivity contribution in [2.24, 2.45) is 0 Å². The molecule has 1 aliphatic rings. The lowest BCUT2D eigenvalue weighted by atomic mass is 10.2. The molecule has 0 radical (unpaired) electrons. The van der Waals surface area contributed by atoms with Crippen LogP contribution < -0.4 is 5.32 Å². The first-order chi connectivity index (χ1) is 10.2. The molecule has 1 unspecified atom stereocenters. The number of hydrogen-bond donors (Lipinski definition) is 1. The molecule has 0 saturated carbocycles. The van der Waals surface area contributed by atoms with E-state index in [2.05, 4.69) is 48.1 Å². The second-order valence-corrected chi connectivity index (χ2v) is 6.19. The van der Waals surface area contributed by atoms with Crippen LogP contribution in [0.25, 0.3) is 0 Å². The van der Waals surface area contributed by atoms with Gasteiger partial charge in [0, 0.05) is 19.1 Å². The van der Waals surface area contributed by atoms with E-state index in [-0.39, 0.29) is 0 Å². The van der Waals surface area contributed by atoms with Gasteiger partial charge in [0.15, 0.2) is 0 Å². The smallest absolute Gasteiger partial charge is 0.118 e. The van der Waals surface area contributed by atoms with E-state index in [1.807, 2.05) is 0 Å². The lowest BCUT2D eigenvalue weighted by molar-refractivity contribution is 0.163. The maximum Gasteiger partial charge on any atom is 0.118 e. The van der Waals surface area contributed by atoms with E-state index in [0.717, 1.165) is 37.6 Å². The van der Waals surface area contributed by atoms with Gasteiger partial charge in [-0.3, -0.25) is 4.90 Å². The van der Waals surface area contributed by atoms with Crippen molar-refractivity contribution in [2.45, 2.75) is 52.2 Å². The molecule has 1 atom stereocenters. The highest BCUT2D eigenvalue weighted by molar-refractivity contribution is 5.07. The van der Waals surface area contributed by atoms with Crippen LogP contribution in [-0.2, 0) is 13.1 Å². The van der Waals surface area contributed by atoms with Crippen molar-refractivity contribution in [1.82, 2.24) is 15.1 Å². The molecule has 1 aromatic heterocycles. The van der Waals surface area contributed by atoms with Crippen molar-refractivity contribution < 1.29 is 4.42 Å². The summed E-state index contributed by atoms with van der Waals surface area (Å²) in [4.78, 5) is 5.04. The van der Waals surface area contributed by atoms with Gasteiger partial charge in [-0.1, -0.05) is 13.8 Å². The largest absolute Gasteiger partial charge is 0.463 e. The summed E-state index contributed by atoms with van der Waals surface area (Å²) in [5, 5.41) is 3.39. The van der Waals surface area contributed by atoms with Crippen LogP contribution in [0.4, 0.5) is 0 Å². The average molecular weight is 293 g/mol. The molecule has 4 nitrogen and oxygen atoms in total. The third kappa shape index (κ3) is 5.13. The molecule has 21 heavy (non-hydrogen) atoms. The van der Waals surface area contributed by atoms with Crippen molar-refractivity contribution >= 4 is 0 Å². The summed E-state index contributed by atoms with van der Waals surface area (Å²) in [6, 6.07) is 4.90. The fourth-order valence-electron chi connectivity index (χ4n) is 3.08. The zero-order valence-electron chi connectivity index (χ0n) is 13.9. The van der Waals surface area contributed by atoms with E-state index in [4.69, 9.17) is 4.42 Å². The first-order valence-electron chi connectivity index (χ1n) is 8.43. The predicted octanol–water partition coefficient (Wildman–Crippen LogP) is 2.70. The number of likely N-dealkylation sites (N-methyl/N-ethyl adjacent to an activating group) is 1. The average Bonchev–Trinajstić information content (AvgIpc) is 2.83.